The molecule has 1 aliphatic rings. The topological polar surface area (TPSA) is 64.4 Å². The van der Waals surface area contributed by atoms with Gasteiger partial charge in [-0.25, -0.2) is 9.37 Å². The van der Waals surface area contributed by atoms with Gasteiger partial charge in [-0.3, -0.25) is 4.79 Å². The van der Waals surface area contributed by atoms with Crippen molar-refractivity contribution in [3.8, 4) is 5.75 Å². The molecule has 0 aliphatic carbocycles. The van der Waals surface area contributed by atoms with Crippen molar-refractivity contribution in [2.24, 2.45) is 0 Å². The fourth-order valence-corrected chi connectivity index (χ4v) is 2.53. The number of benzene rings is 1. The number of halogens is 1. The first-order valence-corrected chi connectivity index (χ1v) is 6.66. The largest absolute Gasteiger partial charge is 0.488 e. The van der Waals surface area contributed by atoms with Gasteiger partial charge in [0.1, 0.15) is 23.4 Å². The Labute approximate surface area is 121 Å². The number of carbonyl (C=O) groups excluding carboxylic acids is 1. The van der Waals surface area contributed by atoms with Crippen LogP contribution < -0.4 is 10.1 Å². The number of hydrogen-bond acceptors (Lipinski definition) is 4. The highest BCUT2D eigenvalue weighted by atomic mass is 19.1. The van der Waals surface area contributed by atoms with Crippen LogP contribution in [0.5, 0.6) is 5.75 Å². The maximum atomic E-state index is 13.2. The van der Waals surface area contributed by atoms with E-state index in [9.17, 15) is 9.18 Å². The van der Waals surface area contributed by atoms with Crippen LogP contribution >= 0.6 is 0 Å². The molecule has 2 unspecified atom stereocenters. The van der Waals surface area contributed by atoms with E-state index in [-0.39, 0.29) is 29.6 Å². The van der Waals surface area contributed by atoms with Crippen LogP contribution in [-0.2, 0) is 0 Å². The molecular formula is C15H15FN2O3. The number of hydrogen-bond donors (Lipinski definition) is 1. The van der Waals surface area contributed by atoms with Crippen molar-refractivity contribution in [3.63, 3.8) is 0 Å². The van der Waals surface area contributed by atoms with Gasteiger partial charge in [-0.2, -0.15) is 0 Å². The zero-order valence-electron chi connectivity index (χ0n) is 11.9. The van der Waals surface area contributed by atoms with E-state index in [1.165, 1.54) is 12.1 Å². The third-order valence-electron chi connectivity index (χ3n) is 3.50. The molecule has 0 fully saturated rings. The zero-order chi connectivity index (χ0) is 15.1. The van der Waals surface area contributed by atoms with Gasteiger partial charge in [-0.05, 0) is 19.9 Å². The molecule has 1 aliphatic heterocycles. The number of nitrogens with zero attached hydrogens (tertiary/aromatic N) is 1. The van der Waals surface area contributed by atoms with Gasteiger partial charge in [0.2, 0.25) is 0 Å². The summed E-state index contributed by atoms with van der Waals surface area (Å²) in [5.41, 5.74) is 1.02. The summed E-state index contributed by atoms with van der Waals surface area (Å²) in [6.45, 7) is 5.19. The smallest absolute Gasteiger partial charge is 0.274 e. The van der Waals surface area contributed by atoms with Crippen molar-refractivity contribution in [3.05, 3.63) is 46.9 Å². The van der Waals surface area contributed by atoms with Gasteiger partial charge in [0.15, 0.2) is 11.6 Å². The van der Waals surface area contributed by atoms with Crippen molar-refractivity contribution < 1.29 is 18.3 Å². The molecule has 0 radical (unpaired) electrons. The normalized spacial score (nSPS) is 20.0. The average Bonchev–Trinajstić information content (AvgIpc) is 2.89. The highest BCUT2D eigenvalue weighted by Crippen LogP contribution is 2.37. The van der Waals surface area contributed by atoms with Gasteiger partial charge >= 0.3 is 0 Å². The van der Waals surface area contributed by atoms with Gasteiger partial charge in [-0.1, -0.05) is 6.07 Å². The van der Waals surface area contributed by atoms with Crippen LogP contribution in [0.3, 0.4) is 0 Å². The number of oxazole rings is 1. The lowest BCUT2D eigenvalue weighted by Crippen LogP contribution is -2.34. The molecule has 0 saturated carbocycles. The van der Waals surface area contributed by atoms with Crippen LogP contribution in [0.25, 0.3) is 0 Å². The molecule has 1 aromatic heterocycles. The van der Waals surface area contributed by atoms with Crippen LogP contribution in [0.2, 0.25) is 0 Å². The van der Waals surface area contributed by atoms with E-state index in [0.29, 0.717) is 17.4 Å². The van der Waals surface area contributed by atoms with Crippen LogP contribution in [-0.4, -0.2) is 17.0 Å². The number of ether oxygens (including phenoxy) is 1. The molecule has 2 aromatic rings. The summed E-state index contributed by atoms with van der Waals surface area (Å²) in [6, 6.07) is 3.96. The Kier molecular flexibility index (Phi) is 3.16. The fraction of sp³-hybridized carbons (Fsp3) is 0.333. The predicted octanol–water partition coefficient (Wildman–Crippen LogP) is 2.68. The number of rotatable bonds is 2. The maximum Gasteiger partial charge on any atom is 0.274 e. The Morgan fingerprint density at radius 3 is 2.81 bits per heavy atom. The summed E-state index contributed by atoms with van der Waals surface area (Å²) in [4.78, 5) is 16.4. The summed E-state index contributed by atoms with van der Waals surface area (Å²) < 4.78 is 24.0. The van der Waals surface area contributed by atoms with Crippen molar-refractivity contribution in [2.75, 3.05) is 0 Å². The molecule has 0 spiro atoms. The fourth-order valence-electron chi connectivity index (χ4n) is 2.53. The Hall–Kier alpha value is -2.37. The quantitative estimate of drug-likeness (QED) is 0.923. The van der Waals surface area contributed by atoms with E-state index < -0.39 is 0 Å². The lowest BCUT2D eigenvalue weighted by molar-refractivity contribution is 0.0902. The van der Waals surface area contributed by atoms with Crippen LogP contribution in [0.4, 0.5) is 4.39 Å². The molecule has 21 heavy (non-hydrogen) atoms. The second-order valence-corrected chi connectivity index (χ2v) is 5.09. The van der Waals surface area contributed by atoms with Crippen molar-refractivity contribution in [1.29, 1.82) is 0 Å². The summed E-state index contributed by atoms with van der Waals surface area (Å²) >= 11 is 0. The second kappa shape index (κ2) is 4.87. The average molecular weight is 290 g/mol. The monoisotopic (exact) mass is 290 g/mol. The minimum Gasteiger partial charge on any atom is -0.488 e. The highest BCUT2D eigenvalue weighted by Gasteiger charge is 2.33. The number of aryl methyl sites for hydroxylation is 2. The molecule has 0 saturated heterocycles. The molecule has 2 atom stereocenters. The maximum absolute atomic E-state index is 13.2. The van der Waals surface area contributed by atoms with Crippen LogP contribution in [0.15, 0.2) is 22.6 Å². The van der Waals surface area contributed by atoms with Gasteiger partial charge in [0, 0.05) is 18.6 Å². The predicted molar refractivity (Wildman–Crippen MR) is 72.7 cm³/mol. The summed E-state index contributed by atoms with van der Waals surface area (Å²) in [6.07, 6.45) is -0.279. The number of fused-ring (bicyclic) bond motifs is 1. The van der Waals surface area contributed by atoms with E-state index in [1.54, 1.807) is 19.9 Å². The third-order valence-corrected chi connectivity index (χ3v) is 3.50. The van der Waals surface area contributed by atoms with Crippen LogP contribution in [0.1, 0.15) is 40.7 Å². The summed E-state index contributed by atoms with van der Waals surface area (Å²) in [7, 11) is 0. The Bertz CT molecular complexity index is 711. The molecule has 2 heterocycles. The lowest BCUT2D eigenvalue weighted by Gasteiger charge is -2.16. The highest BCUT2D eigenvalue weighted by molar-refractivity contribution is 5.93. The number of amides is 1. The van der Waals surface area contributed by atoms with E-state index in [0.717, 1.165) is 5.56 Å². The van der Waals surface area contributed by atoms with Crippen molar-refractivity contribution in [2.45, 2.75) is 32.9 Å². The molecule has 0 bridgehead atoms. The number of carbonyl (C=O) groups is 1. The Balaban J connectivity index is 1.86. The summed E-state index contributed by atoms with van der Waals surface area (Å²) in [5, 5.41) is 2.87. The standard InChI is InChI=1S/C15H15FN2O3/c1-7-13(11-5-4-10(16)6-12(11)21-7)18-15(19)14-8(2)20-9(3)17-14/h4-7,13H,1-3H3,(H,18,19). The lowest BCUT2D eigenvalue weighted by atomic mass is 10.0. The first-order chi connectivity index (χ1) is 9.95. The molecular weight excluding hydrogens is 275 g/mol. The third kappa shape index (κ3) is 2.37. The molecule has 1 amide bonds. The van der Waals surface area contributed by atoms with Crippen molar-refractivity contribution >= 4 is 5.91 Å². The first-order valence-electron chi connectivity index (χ1n) is 6.66. The van der Waals surface area contributed by atoms with Crippen LogP contribution in [0, 0.1) is 19.7 Å². The number of aromatic nitrogens is 1. The number of nitrogens with one attached hydrogen (secondary N) is 1. The molecule has 6 heteroatoms. The molecule has 1 N–H and O–H groups in total. The Morgan fingerprint density at radius 2 is 2.14 bits per heavy atom. The van der Waals surface area contributed by atoms with Crippen molar-refractivity contribution in [1.82, 2.24) is 10.3 Å². The van der Waals surface area contributed by atoms with E-state index in [1.807, 2.05) is 6.92 Å². The second-order valence-electron chi connectivity index (χ2n) is 5.09. The summed E-state index contributed by atoms with van der Waals surface area (Å²) in [5.74, 6) is 0.672. The molecule has 1 aromatic carbocycles. The minimum absolute atomic E-state index is 0.260. The van der Waals surface area contributed by atoms with Gasteiger partial charge in [-0.15, -0.1) is 0 Å². The Morgan fingerprint density at radius 1 is 1.38 bits per heavy atom. The van der Waals surface area contributed by atoms with E-state index in [4.69, 9.17) is 9.15 Å². The minimum atomic E-state index is -0.365. The van der Waals surface area contributed by atoms with Gasteiger partial charge in [0.25, 0.3) is 5.91 Å². The van der Waals surface area contributed by atoms with Gasteiger partial charge in [0.05, 0.1) is 6.04 Å². The first kappa shape index (κ1) is 13.6. The molecule has 5 nitrogen and oxygen atoms in total. The molecule has 3 rings (SSSR count). The van der Waals surface area contributed by atoms with Gasteiger partial charge < -0.3 is 14.5 Å². The SMILES string of the molecule is Cc1nc(C(=O)NC2c3ccc(F)cc3OC2C)c(C)o1. The zero-order valence-corrected chi connectivity index (χ0v) is 11.9. The molecule has 110 valence electrons. The van der Waals surface area contributed by atoms with E-state index >= 15 is 0 Å². The van der Waals surface area contributed by atoms with E-state index in [2.05, 4.69) is 10.3 Å².